The van der Waals surface area contributed by atoms with E-state index < -0.39 is 0 Å². The second kappa shape index (κ2) is 6.16. The summed E-state index contributed by atoms with van der Waals surface area (Å²) >= 11 is 0. The van der Waals surface area contributed by atoms with Gasteiger partial charge in [0.25, 0.3) is 0 Å². The number of amides is 1. The molecule has 0 saturated carbocycles. The zero-order valence-electron chi connectivity index (χ0n) is 14.7. The summed E-state index contributed by atoms with van der Waals surface area (Å²) in [6, 6.07) is 14.9. The molecule has 2 aliphatic heterocycles. The number of nitrogens with zero attached hydrogens (tertiary/aromatic N) is 3. The predicted molar refractivity (Wildman–Crippen MR) is 104 cm³/mol. The number of hydrogen-bond acceptors (Lipinski definition) is 3. The molecule has 1 aromatic heterocycles. The van der Waals surface area contributed by atoms with Gasteiger partial charge in [-0.15, -0.1) is 0 Å². The van der Waals surface area contributed by atoms with Crippen LogP contribution in [0.4, 0.5) is 11.4 Å². The molecule has 1 saturated heterocycles. The Morgan fingerprint density at radius 1 is 1.15 bits per heavy atom. The zero-order valence-corrected chi connectivity index (χ0v) is 14.7. The van der Waals surface area contributed by atoms with Crippen molar-refractivity contribution in [3.63, 3.8) is 0 Å². The number of carbonyl (C=O) groups is 1. The van der Waals surface area contributed by atoms with Crippen molar-refractivity contribution in [2.75, 3.05) is 22.9 Å². The van der Waals surface area contributed by atoms with Gasteiger partial charge in [-0.3, -0.25) is 9.89 Å². The fourth-order valence-corrected chi connectivity index (χ4v) is 4.35. The van der Waals surface area contributed by atoms with Gasteiger partial charge in [0.1, 0.15) is 0 Å². The fourth-order valence-electron chi connectivity index (χ4n) is 4.35. The van der Waals surface area contributed by atoms with Crippen LogP contribution in [0.15, 0.2) is 48.7 Å². The van der Waals surface area contributed by atoms with E-state index in [4.69, 9.17) is 0 Å². The summed E-state index contributed by atoms with van der Waals surface area (Å²) in [5.74, 6) is 0.168. The lowest BCUT2D eigenvalue weighted by molar-refractivity contribution is -0.118. The van der Waals surface area contributed by atoms with E-state index >= 15 is 0 Å². The molecule has 5 rings (SSSR count). The number of anilines is 2. The van der Waals surface area contributed by atoms with E-state index in [0.29, 0.717) is 12.5 Å². The molecule has 1 amide bonds. The molecule has 26 heavy (non-hydrogen) atoms. The van der Waals surface area contributed by atoms with Crippen LogP contribution in [-0.2, 0) is 11.2 Å². The van der Waals surface area contributed by atoms with E-state index in [1.807, 2.05) is 29.2 Å². The highest BCUT2D eigenvalue weighted by Gasteiger charge is 2.34. The molecular formula is C21H22N4O. The number of aromatic amines is 1. The number of nitrogens with one attached hydrogen (secondary N) is 1. The summed E-state index contributed by atoms with van der Waals surface area (Å²) in [6.45, 7) is 1.89. The summed E-state index contributed by atoms with van der Waals surface area (Å²) in [5.41, 5.74) is 4.27. The third-order valence-corrected chi connectivity index (χ3v) is 5.67. The first-order valence-corrected chi connectivity index (χ1v) is 9.38. The number of piperidine rings is 1. The average molecular weight is 346 g/mol. The molecule has 0 spiro atoms. The number of rotatable bonds is 2. The van der Waals surface area contributed by atoms with Crippen molar-refractivity contribution >= 4 is 28.2 Å². The van der Waals surface area contributed by atoms with Crippen molar-refractivity contribution in [1.82, 2.24) is 10.2 Å². The van der Waals surface area contributed by atoms with Gasteiger partial charge in [-0.05, 0) is 43.0 Å². The molecule has 5 nitrogen and oxygen atoms in total. The fraction of sp³-hybridized carbons (Fsp3) is 0.333. The lowest BCUT2D eigenvalue weighted by Crippen LogP contribution is -2.53. The zero-order chi connectivity index (χ0) is 17.5. The molecule has 0 unspecified atom stereocenters. The van der Waals surface area contributed by atoms with Gasteiger partial charge in [-0.2, -0.15) is 5.10 Å². The normalized spacial score (nSPS) is 19.3. The Bertz CT molecular complexity index is 963. The maximum absolute atomic E-state index is 13.2. The number of hydrogen-bond donors (Lipinski definition) is 1. The monoisotopic (exact) mass is 346 g/mol. The summed E-state index contributed by atoms with van der Waals surface area (Å²) in [5, 5.41) is 8.12. The number of benzene rings is 2. The van der Waals surface area contributed by atoms with Crippen molar-refractivity contribution < 1.29 is 4.79 Å². The quantitative estimate of drug-likeness (QED) is 0.772. The van der Waals surface area contributed by atoms with Gasteiger partial charge in [0.2, 0.25) is 5.91 Å². The van der Waals surface area contributed by atoms with Crippen LogP contribution in [0.2, 0.25) is 0 Å². The van der Waals surface area contributed by atoms with Gasteiger partial charge in [-0.25, -0.2) is 0 Å². The van der Waals surface area contributed by atoms with E-state index in [0.717, 1.165) is 41.7 Å². The van der Waals surface area contributed by atoms with Crippen molar-refractivity contribution in [2.24, 2.45) is 0 Å². The van der Waals surface area contributed by atoms with E-state index in [-0.39, 0.29) is 5.91 Å². The molecule has 0 bridgehead atoms. The van der Waals surface area contributed by atoms with Gasteiger partial charge in [0, 0.05) is 24.5 Å². The number of carbonyl (C=O) groups excluding carboxylic acids is 1. The van der Waals surface area contributed by atoms with Crippen molar-refractivity contribution in [1.29, 1.82) is 0 Å². The number of para-hydroxylation sites is 2. The minimum atomic E-state index is 0.168. The first kappa shape index (κ1) is 15.4. The Morgan fingerprint density at radius 3 is 2.96 bits per heavy atom. The van der Waals surface area contributed by atoms with Crippen LogP contribution in [0.3, 0.4) is 0 Å². The van der Waals surface area contributed by atoms with Gasteiger partial charge < -0.3 is 9.80 Å². The average Bonchev–Trinajstić information content (AvgIpc) is 3.15. The van der Waals surface area contributed by atoms with Gasteiger partial charge in [0.15, 0.2) is 0 Å². The van der Waals surface area contributed by atoms with Crippen molar-refractivity contribution in [3.05, 3.63) is 54.2 Å². The molecule has 1 atom stereocenters. The highest BCUT2D eigenvalue weighted by atomic mass is 16.2. The molecule has 5 heteroatoms. The molecule has 1 N–H and O–H groups in total. The summed E-state index contributed by atoms with van der Waals surface area (Å²) in [4.78, 5) is 17.7. The third kappa shape index (κ3) is 2.55. The highest BCUT2D eigenvalue weighted by Crippen LogP contribution is 2.38. The van der Waals surface area contributed by atoms with E-state index in [2.05, 4.69) is 33.3 Å². The summed E-state index contributed by atoms with van der Waals surface area (Å²) in [7, 11) is 0. The van der Waals surface area contributed by atoms with E-state index in [1.165, 1.54) is 18.5 Å². The second-order valence-corrected chi connectivity index (χ2v) is 7.30. The lowest BCUT2D eigenvalue weighted by atomic mass is 9.96. The standard InChI is InChI=1S/C21H22N4O/c26-21(12-15-8-9-16-13-22-23-18(16)11-15)25-14-17-5-3-4-10-24(17)19-6-1-2-7-20(19)25/h1-2,6-9,11,13,17H,3-5,10,12,14H2,(H,22,23)/t17-/m0/s1. The first-order chi connectivity index (χ1) is 12.8. The van der Waals surface area contributed by atoms with Crippen molar-refractivity contribution in [3.8, 4) is 0 Å². The SMILES string of the molecule is O=C(Cc1ccc2cn[nH]c2c1)N1C[C@@H]2CCCCN2c2ccccc21. The number of aromatic nitrogens is 2. The molecular weight excluding hydrogens is 324 g/mol. The Hall–Kier alpha value is -2.82. The Morgan fingerprint density at radius 2 is 2.04 bits per heavy atom. The minimum Gasteiger partial charge on any atom is -0.365 e. The predicted octanol–water partition coefficient (Wildman–Crippen LogP) is 3.51. The van der Waals surface area contributed by atoms with Crippen molar-refractivity contribution in [2.45, 2.75) is 31.7 Å². The lowest BCUT2D eigenvalue weighted by Gasteiger charge is -2.46. The Labute approximate surface area is 152 Å². The van der Waals surface area contributed by atoms with Gasteiger partial charge in [0.05, 0.1) is 29.5 Å². The molecule has 1 fully saturated rings. The summed E-state index contributed by atoms with van der Waals surface area (Å²) in [6.07, 6.45) is 5.87. The minimum absolute atomic E-state index is 0.168. The molecule has 0 aliphatic carbocycles. The van der Waals surface area contributed by atoms with E-state index in [9.17, 15) is 4.79 Å². The highest BCUT2D eigenvalue weighted by molar-refractivity contribution is 5.99. The molecule has 0 radical (unpaired) electrons. The Balaban J connectivity index is 1.45. The van der Waals surface area contributed by atoms with Gasteiger partial charge >= 0.3 is 0 Å². The molecule has 3 aromatic rings. The van der Waals surface area contributed by atoms with Gasteiger partial charge in [-0.1, -0.05) is 24.3 Å². The largest absolute Gasteiger partial charge is 0.365 e. The second-order valence-electron chi connectivity index (χ2n) is 7.30. The molecule has 2 aliphatic rings. The first-order valence-electron chi connectivity index (χ1n) is 9.38. The maximum atomic E-state index is 13.2. The number of H-pyrrole nitrogens is 1. The molecule has 132 valence electrons. The van der Waals surface area contributed by atoms with Crippen LogP contribution in [0.25, 0.3) is 10.9 Å². The van der Waals surface area contributed by atoms with Crippen LogP contribution < -0.4 is 9.80 Å². The maximum Gasteiger partial charge on any atom is 0.231 e. The van der Waals surface area contributed by atoms with Crippen LogP contribution >= 0.6 is 0 Å². The van der Waals surface area contributed by atoms with Crippen LogP contribution in [0.1, 0.15) is 24.8 Å². The number of fused-ring (bicyclic) bond motifs is 4. The van der Waals surface area contributed by atoms with Crippen LogP contribution in [-0.4, -0.2) is 35.2 Å². The van der Waals surface area contributed by atoms with Crippen LogP contribution in [0, 0.1) is 0 Å². The summed E-state index contributed by atoms with van der Waals surface area (Å²) < 4.78 is 0. The third-order valence-electron chi connectivity index (χ3n) is 5.67. The smallest absolute Gasteiger partial charge is 0.231 e. The van der Waals surface area contributed by atoms with Crippen LogP contribution in [0.5, 0.6) is 0 Å². The molecule has 3 heterocycles. The topological polar surface area (TPSA) is 52.2 Å². The van der Waals surface area contributed by atoms with E-state index in [1.54, 1.807) is 6.20 Å². The molecule has 2 aromatic carbocycles. The Kier molecular flexibility index (Phi) is 3.66.